The zero-order chi connectivity index (χ0) is 15.7. The molecule has 0 N–H and O–H groups in total. The van der Waals surface area contributed by atoms with E-state index in [0.717, 1.165) is 10.9 Å². The molecule has 0 radical (unpaired) electrons. The summed E-state index contributed by atoms with van der Waals surface area (Å²) >= 11 is 2.86. The molecule has 1 nitrogen and oxygen atoms in total. The monoisotopic (exact) mass is 388 g/mol. The summed E-state index contributed by atoms with van der Waals surface area (Å²) in [5.74, 6) is 0. The molecule has 0 aliphatic carbocycles. The van der Waals surface area contributed by atoms with Gasteiger partial charge in [-0.05, 0) is 35.3 Å². The van der Waals surface area contributed by atoms with Gasteiger partial charge >= 0.3 is 29.6 Å². The van der Waals surface area contributed by atoms with Crippen LogP contribution in [0.4, 0.5) is 0 Å². The van der Waals surface area contributed by atoms with Crippen molar-refractivity contribution in [1.29, 1.82) is 0 Å². The molecule has 0 heterocycles. The molecule has 0 atom stereocenters. The van der Waals surface area contributed by atoms with E-state index in [9.17, 15) is 4.55 Å². The molecule has 0 unspecified atom stereocenters. The van der Waals surface area contributed by atoms with Crippen LogP contribution in [0.15, 0.2) is 65.1 Å². The van der Waals surface area contributed by atoms with E-state index in [1.165, 1.54) is 16.7 Å². The third kappa shape index (κ3) is 8.56. The summed E-state index contributed by atoms with van der Waals surface area (Å²) in [7, 11) is 0. The van der Waals surface area contributed by atoms with E-state index >= 15 is 0 Å². The maximum atomic E-state index is 9.56. The van der Waals surface area contributed by atoms with Crippen molar-refractivity contribution >= 4 is 62.2 Å². The molecule has 2 rings (SSSR count). The predicted octanol–water partition coefficient (Wildman–Crippen LogP) is 4.64. The van der Waals surface area contributed by atoms with Crippen molar-refractivity contribution in [2.75, 3.05) is 12.5 Å². The summed E-state index contributed by atoms with van der Waals surface area (Å²) in [6.45, 7) is 2.17. The standard InChI is InChI=1S/C16H15Br.C2H6OS.Na.H/c1-2-6-16(13-7-4-3-5-8-13)14-9-11-15(17)12-10-14;1-4(2)3;;/h3-12H,2H2,1H3;1-2H3;;/b16-6+;;;. The van der Waals surface area contributed by atoms with Crippen LogP contribution in [0, 0.1) is 0 Å². The number of benzene rings is 2. The van der Waals surface area contributed by atoms with E-state index in [0.29, 0.717) is 0 Å². The van der Waals surface area contributed by atoms with E-state index in [1.807, 2.05) is 0 Å². The zero-order valence-electron chi connectivity index (χ0n) is 12.7. The van der Waals surface area contributed by atoms with Crippen molar-refractivity contribution in [2.24, 2.45) is 0 Å². The minimum atomic E-state index is -0.611. The van der Waals surface area contributed by atoms with Gasteiger partial charge in [0.15, 0.2) is 0 Å². The Morgan fingerprint density at radius 1 is 1.00 bits per heavy atom. The van der Waals surface area contributed by atoms with E-state index < -0.39 is 11.2 Å². The Hall–Kier alpha value is -0.0300. The van der Waals surface area contributed by atoms with Gasteiger partial charge in [-0.2, -0.15) is 0 Å². The fourth-order valence-corrected chi connectivity index (χ4v) is 2.12. The second-order valence-corrected chi connectivity index (χ2v) is 7.04. The molecule has 0 aliphatic rings. The number of rotatable bonds is 3. The molecular weight excluding hydrogens is 367 g/mol. The normalized spacial score (nSPS) is 10.5. The molecule has 22 heavy (non-hydrogen) atoms. The van der Waals surface area contributed by atoms with Gasteiger partial charge in [0.05, 0.1) is 12.5 Å². The third-order valence-electron chi connectivity index (χ3n) is 2.65. The third-order valence-corrected chi connectivity index (χ3v) is 3.18. The molecular formula is C18H22BrNaOS. The first-order chi connectivity index (χ1) is 10.0. The first-order valence-corrected chi connectivity index (χ1v) is 9.57. The van der Waals surface area contributed by atoms with E-state index in [4.69, 9.17) is 0 Å². The Morgan fingerprint density at radius 3 is 1.91 bits per heavy atom. The molecule has 0 bridgehead atoms. The molecule has 4 heteroatoms. The SMILES string of the molecule is CC/C=C(\c1ccccc1)c1ccc(Br)cc1.C[S+](C)[O-].[NaH]. The summed E-state index contributed by atoms with van der Waals surface area (Å²) in [5.41, 5.74) is 3.85. The van der Waals surface area contributed by atoms with Gasteiger partial charge in [0.1, 0.15) is 0 Å². The van der Waals surface area contributed by atoms with E-state index in [-0.39, 0.29) is 29.6 Å². The molecule has 0 saturated heterocycles. The second kappa shape index (κ2) is 12.4. The number of hydrogen-bond acceptors (Lipinski definition) is 1. The van der Waals surface area contributed by atoms with Gasteiger partial charge in [-0.3, -0.25) is 0 Å². The Labute approximate surface area is 167 Å². The van der Waals surface area contributed by atoms with Gasteiger partial charge < -0.3 is 4.55 Å². The maximum absolute atomic E-state index is 9.56. The number of allylic oxidation sites excluding steroid dienone is 1. The van der Waals surface area contributed by atoms with Gasteiger partial charge in [0.2, 0.25) is 0 Å². The summed E-state index contributed by atoms with van der Waals surface area (Å²) in [6, 6.07) is 19.0. The number of halogens is 1. The quantitative estimate of drug-likeness (QED) is 0.554. The van der Waals surface area contributed by atoms with Crippen molar-refractivity contribution in [2.45, 2.75) is 13.3 Å². The van der Waals surface area contributed by atoms with Crippen LogP contribution in [-0.4, -0.2) is 46.6 Å². The van der Waals surface area contributed by atoms with Gasteiger partial charge in [0.25, 0.3) is 0 Å². The van der Waals surface area contributed by atoms with Crippen LogP contribution in [0.5, 0.6) is 0 Å². The Kier molecular flexibility index (Phi) is 12.4. The Morgan fingerprint density at radius 2 is 1.45 bits per heavy atom. The molecule has 2 aromatic rings. The average molecular weight is 389 g/mol. The van der Waals surface area contributed by atoms with E-state index in [1.54, 1.807) is 12.5 Å². The van der Waals surface area contributed by atoms with Crippen molar-refractivity contribution in [3.05, 3.63) is 76.3 Å². The van der Waals surface area contributed by atoms with Crippen LogP contribution in [0.25, 0.3) is 5.57 Å². The Bertz CT molecular complexity index is 550. The summed E-state index contributed by atoms with van der Waals surface area (Å²) in [5, 5.41) is 0. The molecule has 0 saturated carbocycles. The van der Waals surface area contributed by atoms with Crippen molar-refractivity contribution in [1.82, 2.24) is 0 Å². The van der Waals surface area contributed by atoms with Crippen LogP contribution in [-0.2, 0) is 11.2 Å². The molecule has 0 aromatic heterocycles. The zero-order valence-corrected chi connectivity index (χ0v) is 15.1. The van der Waals surface area contributed by atoms with Gasteiger partial charge in [-0.25, -0.2) is 0 Å². The van der Waals surface area contributed by atoms with Crippen LogP contribution >= 0.6 is 15.9 Å². The molecule has 0 amide bonds. The molecule has 0 fully saturated rings. The first-order valence-electron chi connectivity index (χ1n) is 6.81. The van der Waals surface area contributed by atoms with Gasteiger partial charge in [0, 0.05) is 4.47 Å². The summed E-state index contributed by atoms with van der Waals surface area (Å²) in [6.07, 6.45) is 6.60. The van der Waals surface area contributed by atoms with Gasteiger partial charge in [-0.15, -0.1) is 0 Å². The predicted molar refractivity (Wildman–Crippen MR) is 105 cm³/mol. The first kappa shape index (κ1) is 22.0. The molecule has 0 spiro atoms. The Balaban J connectivity index is 0.000000791. The molecule has 0 aliphatic heterocycles. The number of hydrogen-bond donors (Lipinski definition) is 0. The van der Waals surface area contributed by atoms with Crippen molar-refractivity contribution in [3.8, 4) is 0 Å². The van der Waals surface area contributed by atoms with Crippen LogP contribution in [0.2, 0.25) is 0 Å². The van der Waals surface area contributed by atoms with Crippen LogP contribution in [0.3, 0.4) is 0 Å². The van der Waals surface area contributed by atoms with Crippen molar-refractivity contribution in [3.63, 3.8) is 0 Å². The fraction of sp³-hybridized carbons (Fsp3) is 0.222. The molecule has 2 aromatic carbocycles. The summed E-state index contributed by atoms with van der Waals surface area (Å²) < 4.78 is 10.7. The van der Waals surface area contributed by atoms with Gasteiger partial charge in [-0.1, -0.05) is 82.6 Å². The van der Waals surface area contributed by atoms with Crippen LogP contribution in [0.1, 0.15) is 24.5 Å². The summed E-state index contributed by atoms with van der Waals surface area (Å²) in [4.78, 5) is 0. The second-order valence-electron chi connectivity index (χ2n) is 4.64. The van der Waals surface area contributed by atoms with Crippen molar-refractivity contribution < 1.29 is 4.55 Å². The molecule has 114 valence electrons. The average Bonchev–Trinajstić information content (AvgIpc) is 2.46. The fourth-order valence-electron chi connectivity index (χ4n) is 1.85. The van der Waals surface area contributed by atoms with Crippen LogP contribution < -0.4 is 0 Å². The van der Waals surface area contributed by atoms with E-state index in [2.05, 4.69) is 83.5 Å². The minimum absolute atomic E-state index is 0. The topological polar surface area (TPSA) is 23.1 Å².